The molecule has 4 rings (SSSR count). The number of fused-ring (bicyclic) bond motifs is 1. The summed E-state index contributed by atoms with van der Waals surface area (Å²) >= 11 is 0. The summed E-state index contributed by atoms with van der Waals surface area (Å²) in [6.45, 7) is 10.6. The van der Waals surface area contributed by atoms with E-state index in [9.17, 15) is 4.79 Å². The topological polar surface area (TPSA) is 121 Å². The third-order valence-corrected chi connectivity index (χ3v) is 7.18. The van der Waals surface area contributed by atoms with Gasteiger partial charge < -0.3 is 21.4 Å². The first-order valence-electron chi connectivity index (χ1n) is 12.8. The van der Waals surface area contributed by atoms with Gasteiger partial charge in [0, 0.05) is 68.4 Å². The van der Waals surface area contributed by atoms with Gasteiger partial charge in [-0.2, -0.15) is 0 Å². The summed E-state index contributed by atoms with van der Waals surface area (Å²) in [7, 11) is 0. The minimum absolute atomic E-state index is 0.0161. The number of piperidine rings is 1. The molecule has 0 spiro atoms. The van der Waals surface area contributed by atoms with Crippen molar-refractivity contribution >= 4 is 34.5 Å². The second-order valence-electron chi connectivity index (χ2n) is 10.0. The molecule has 2 aliphatic heterocycles. The Kier molecular flexibility index (Phi) is 8.20. The molecule has 5 N–H and O–H groups in total. The first-order chi connectivity index (χ1) is 17.4. The molecule has 0 bridgehead atoms. The maximum absolute atomic E-state index is 11.5. The van der Waals surface area contributed by atoms with E-state index >= 15 is 0 Å². The van der Waals surface area contributed by atoms with Crippen molar-refractivity contribution in [3.05, 3.63) is 47.9 Å². The minimum Gasteiger partial charge on any atom is -0.404 e. The third-order valence-electron chi connectivity index (χ3n) is 7.18. The van der Waals surface area contributed by atoms with Crippen LogP contribution in [0.25, 0.3) is 16.6 Å². The van der Waals surface area contributed by atoms with Crippen LogP contribution in [-0.2, 0) is 4.79 Å². The van der Waals surface area contributed by atoms with Gasteiger partial charge in [-0.05, 0) is 48.4 Å². The normalized spacial score (nSPS) is 21.6. The van der Waals surface area contributed by atoms with Gasteiger partial charge in [0.2, 0.25) is 5.91 Å². The number of nitrogens with two attached hydrogens (primary N) is 1. The van der Waals surface area contributed by atoms with E-state index in [1.54, 1.807) is 13.1 Å². The molecule has 2 atom stereocenters. The van der Waals surface area contributed by atoms with Crippen LogP contribution in [-0.4, -0.2) is 52.8 Å². The zero-order valence-electron chi connectivity index (χ0n) is 21.7. The molecule has 2 aromatic rings. The Morgan fingerprint density at radius 2 is 2.08 bits per heavy atom. The molecule has 4 heterocycles. The third kappa shape index (κ3) is 6.02. The van der Waals surface area contributed by atoms with E-state index in [-0.39, 0.29) is 12.1 Å². The van der Waals surface area contributed by atoms with Crippen molar-refractivity contribution in [2.75, 3.05) is 25.0 Å². The summed E-state index contributed by atoms with van der Waals surface area (Å²) in [5.74, 6) is 2.19. The lowest BCUT2D eigenvalue weighted by Gasteiger charge is -2.34. The predicted octanol–water partition coefficient (Wildman–Crippen LogP) is 3.28. The van der Waals surface area contributed by atoms with Crippen molar-refractivity contribution in [2.24, 2.45) is 28.5 Å². The van der Waals surface area contributed by atoms with Crippen molar-refractivity contribution in [3.8, 4) is 0 Å². The molecule has 0 aliphatic carbocycles. The number of allylic oxidation sites excluding steroid dienone is 1. The molecule has 0 aromatic carbocycles. The molecule has 2 aliphatic rings. The van der Waals surface area contributed by atoms with Crippen molar-refractivity contribution < 1.29 is 4.79 Å². The fourth-order valence-electron chi connectivity index (χ4n) is 4.87. The molecule has 9 heteroatoms. The summed E-state index contributed by atoms with van der Waals surface area (Å²) in [5.41, 5.74) is 17.1. The van der Waals surface area contributed by atoms with Crippen LogP contribution < -0.4 is 21.9 Å². The zero-order chi connectivity index (χ0) is 25.7. The number of aromatic nitrogens is 2. The molecule has 0 radical (unpaired) electrons. The smallest absolute Gasteiger partial charge is 0.219 e. The van der Waals surface area contributed by atoms with Gasteiger partial charge in [-0.25, -0.2) is 10.4 Å². The molecule has 2 aromatic heterocycles. The fourth-order valence-corrected chi connectivity index (χ4v) is 4.87. The Balaban J connectivity index is 1.43. The molecule has 0 saturated carbocycles. The van der Waals surface area contributed by atoms with Crippen molar-refractivity contribution in [1.29, 1.82) is 0 Å². The molecule has 36 heavy (non-hydrogen) atoms. The molecule has 1 amide bonds. The molecule has 2 unspecified atom stereocenters. The number of hydrogen-bond donors (Lipinski definition) is 4. The highest BCUT2D eigenvalue weighted by atomic mass is 16.2. The molecule has 9 nitrogen and oxygen atoms in total. The fraction of sp³-hybridized carbons (Fsp3) is 0.481. The maximum atomic E-state index is 11.5. The molecular weight excluding hydrogens is 452 g/mol. The van der Waals surface area contributed by atoms with Crippen LogP contribution in [0.2, 0.25) is 0 Å². The van der Waals surface area contributed by atoms with Gasteiger partial charge in [0.1, 0.15) is 12.0 Å². The quantitative estimate of drug-likeness (QED) is 0.440. The highest BCUT2D eigenvalue weighted by Gasteiger charge is 2.26. The van der Waals surface area contributed by atoms with Gasteiger partial charge in [0.15, 0.2) is 0 Å². The Morgan fingerprint density at radius 1 is 1.31 bits per heavy atom. The lowest BCUT2D eigenvalue weighted by molar-refractivity contribution is -0.130. The van der Waals surface area contributed by atoms with Crippen molar-refractivity contribution in [2.45, 2.75) is 46.7 Å². The summed E-state index contributed by atoms with van der Waals surface area (Å²) in [5, 5.41) is 3.51. The van der Waals surface area contributed by atoms with Crippen LogP contribution in [0.4, 0.5) is 5.82 Å². The number of hydrogen-bond acceptors (Lipinski definition) is 8. The van der Waals surface area contributed by atoms with E-state index in [1.807, 2.05) is 35.5 Å². The number of carbonyl (C=O) groups excluding carboxylic acids is 1. The highest BCUT2D eigenvalue weighted by molar-refractivity contribution is 6.10. The maximum Gasteiger partial charge on any atom is 0.219 e. The predicted molar refractivity (Wildman–Crippen MR) is 146 cm³/mol. The van der Waals surface area contributed by atoms with Gasteiger partial charge in [0.25, 0.3) is 0 Å². The number of amides is 1. The van der Waals surface area contributed by atoms with Crippen LogP contribution in [0.1, 0.15) is 46.1 Å². The Bertz CT molecular complexity index is 1160. The number of hydrazine groups is 1. The van der Waals surface area contributed by atoms with E-state index in [4.69, 9.17) is 10.7 Å². The van der Waals surface area contributed by atoms with Gasteiger partial charge in [-0.1, -0.05) is 20.8 Å². The monoisotopic (exact) mass is 490 g/mol. The van der Waals surface area contributed by atoms with Crippen LogP contribution in [0.5, 0.6) is 0 Å². The summed E-state index contributed by atoms with van der Waals surface area (Å²) in [6.07, 6.45) is 9.22. The van der Waals surface area contributed by atoms with E-state index in [1.165, 1.54) is 5.57 Å². The second kappa shape index (κ2) is 11.5. The SMILES string of the molecule is CC(=O)N1CCC(CN=CC(=CN)c2cnc3ccc(NC4NNC=C(C(C)C)C4C)nc3c2)CC1. The minimum atomic E-state index is 0.0161. The highest BCUT2D eigenvalue weighted by Crippen LogP contribution is 2.26. The molecule has 1 saturated heterocycles. The van der Waals surface area contributed by atoms with Crippen LogP contribution in [0.15, 0.2) is 47.4 Å². The zero-order valence-corrected chi connectivity index (χ0v) is 21.7. The standard InChI is InChI=1S/C27H38N8O/c1-17(2)23-16-31-34-27(18(23)3)33-26-6-5-24-25(32-26)11-21(15-30-24)22(12-28)14-29-13-20-7-9-35(10-8-20)19(4)36/h5-6,11-12,14-18,20,27,31,34H,7-10,13,28H2,1-4H3,(H,32,33). The molecule has 192 valence electrons. The van der Waals surface area contributed by atoms with E-state index in [0.29, 0.717) is 17.8 Å². The average Bonchev–Trinajstić information content (AvgIpc) is 2.87. The van der Waals surface area contributed by atoms with Crippen LogP contribution in [0.3, 0.4) is 0 Å². The summed E-state index contributed by atoms with van der Waals surface area (Å²) in [6, 6.07) is 5.93. The number of carbonyl (C=O) groups is 1. The number of anilines is 1. The summed E-state index contributed by atoms with van der Waals surface area (Å²) in [4.78, 5) is 27.5. The lowest BCUT2D eigenvalue weighted by atomic mass is 9.89. The number of rotatable bonds is 7. The average molecular weight is 491 g/mol. The molecule has 1 fully saturated rings. The number of nitrogens with zero attached hydrogens (tertiary/aromatic N) is 4. The Morgan fingerprint density at radius 3 is 2.78 bits per heavy atom. The number of pyridine rings is 2. The van der Waals surface area contributed by atoms with Crippen LogP contribution in [0, 0.1) is 17.8 Å². The first kappa shape index (κ1) is 25.6. The number of aliphatic imine (C=N–C) groups is 1. The van der Waals surface area contributed by atoms with E-state index in [2.05, 4.69) is 53.1 Å². The van der Waals surface area contributed by atoms with Gasteiger partial charge in [0.05, 0.1) is 11.0 Å². The number of nitrogens with one attached hydrogen (secondary N) is 3. The first-order valence-corrected chi connectivity index (χ1v) is 12.8. The van der Waals surface area contributed by atoms with Gasteiger partial charge in [-0.3, -0.25) is 14.8 Å². The molecular formula is C27H38N8O. The largest absolute Gasteiger partial charge is 0.404 e. The van der Waals surface area contributed by atoms with Crippen molar-refractivity contribution in [1.82, 2.24) is 25.7 Å². The summed E-state index contributed by atoms with van der Waals surface area (Å²) < 4.78 is 0. The number of likely N-dealkylation sites (tertiary alicyclic amines) is 1. The van der Waals surface area contributed by atoms with E-state index in [0.717, 1.165) is 60.5 Å². The Labute approximate surface area is 213 Å². The Hall–Kier alpha value is -3.46. The van der Waals surface area contributed by atoms with Crippen molar-refractivity contribution in [3.63, 3.8) is 0 Å². The lowest BCUT2D eigenvalue weighted by Crippen LogP contribution is -2.51. The van der Waals surface area contributed by atoms with Gasteiger partial charge >= 0.3 is 0 Å². The van der Waals surface area contributed by atoms with E-state index < -0.39 is 0 Å². The second-order valence-corrected chi connectivity index (χ2v) is 10.0. The van der Waals surface area contributed by atoms with Gasteiger partial charge in [-0.15, -0.1) is 0 Å². The van der Waals surface area contributed by atoms with Crippen LogP contribution >= 0.6 is 0 Å².